The van der Waals surface area contributed by atoms with Gasteiger partial charge in [-0.3, -0.25) is 0 Å². The minimum absolute atomic E-state index is 0. The van der Waals surface area contributed by atoms with Crippen LogP contribution in [0.5, 0.6) is 0 Å². The minimum Gasteiger partial charge on any atom is -0.240 e. The molecule has 0 bridgehead atoms. The van der Waals surface area contributed by atoms with E-state index in [9.17, 15) is 0 Å². The van der Waals surface area contributed by atoms with E-state index in [0.29, 0.717) is 6.04 Å². The highest BCUT2D eigenvalue weighted by molar-refractivity contribution is 5.52. The maximum absolute atomic E-state index is 4.57. The van der Waals surface area contributed by atoms with E-state index >= 15 is 0 Å². The van der Waals surface area contributed by atoms with Crippen LogP contribution < -0.4 is 0 Å². The molecule has 0 heterocycles. The summed E-state index contributed by atoms with van der Waals surface area (Å²) in [7, 11) is 0. The molecule has 106 valence electrons. The first-order valence-corrected chi connectivity index (χ1v) is 7.74. The Kier molecular flexibility index (Phi) is 11.2. The summed E-state index contributed by atoms with van der Waals surface area (Å²) >= 11 is 0. The highest BCUT2D eigenvalue weighted by atomic mass is 14.8. The lowest BCUT2D eigenvalue weighted by molar-refractivity contribution is 0.420. The van der Waals surface area contributed by atoms with E-state index < -0.39 is 0 Å². The molecule has 0 aromatic heterocycles. The van der Waals surface area contributed by atoms with Gasteiger partial charge in [-0.15, -0.1) is 0 Å². The molecule has 1 nitrogen and oxygen atoms in total. The van der Waals surface area contributed by atoms with Crippen LogP contribution in [0.15, 0.2) is 11.1 Å². The van der Waals surface area contributed by atoms with Gasteiger partial charge in [0, 0.05) is 0 Å². The predicted octanol–water partition coefficient (Wildman–Crippen LogP) is 5.79. The second-order valence-electron chi connectivity index (χ2n) is 5.11. The molecule has 0 aliphatic heterocycles. The Morgan fingerprint density at radius 1 is 0.833 bits per heavy atom. The Morgan fingerprint density at radius 3 is 1.89 bits per heavy atom. The van der Waals surface area contributed by atoms with Crippen LogP contribution in [0.2, 0.25) is 0 Å². The van der Waals surface area contributed by atoms with Gasteiger partial charge in [0.25, 0.3) is 0 Å². The molecule has 0 saturated heterocycles. The highest BCUT2D eigenvalue weighted by Crippen LogP contribution is 2.24. The van der Waals surface area contributed by atoms with Gasteiger partial charge in [-0.05, 0) is 43.5 Å². The van der Waals surface area contributed by atoms with Crippen molar-refractivity contribution in [2.24, 2.45) is 10.9 Å². The largest absolute Gasteiger partial charge is 0.240 e. The molecule has 0 amide bonds. The van der Waals surface area contributed by atoms with Gasteiger partial charge in [0.05, 0.1) is 6.04 Å². The predicted molar refractivity (Wildman–Crippen MR) is 83.5 cm³/mol. The summed E-state index contributed by atoms with van der Waals surface area (Å²) in [6.45, 7) is 4.00. The first-order chi connectivity index (χ1) is 8.45. The molecule has 0 atom stereocenters. The number of nitrogens with zero attached hydrogens (tertiary/aromatic N) is 1. The third kappa shape index (κ3) is 7.01. The molecule has 2 rings (SSSR count). The number of hydrogen-bond acceptors (Lipinski definition) is 1. The van der Waals surface area contributed by atoms with Gasteiger partial charge in [0.2, 0.25) is 0 Å². The van der Waals surface area contributed by atoms with Crippen molar-refractivity contribution in [2.45, 2.75) is 91.5 Å². The second kappa shape index (κ2) is 11.5. The van der Waals surface area contributed by atoms with Gasteiger partial charge in [-0.2, -0.15) is 0 Å². The van der Waals surface area contributed by atoms with Crippen LogP contribution in [0.25, 0.3) is 0 Å². The molecule has 0 unspecified atom stereocenters. The summed E-state index contributed by atoms with van der Waals surface area (Å²) in [5.41, 5.74) is 0. The fourth-order valence-corrected chi connectivity index (χ4v) is 2.76. The summed E-state index contributed by atoms with van der Waals surface area (Å²) in [6, 6.07) is 0.596. The fraction of sp³-hybridized carbons (Fsp3) is 0.882. The maximum atomic E-state index is 4.57. The number of rotatable bonds is 2. The standard InChI is InChI=1S/C14H23N.C2H6.CH4/c1-3-7-13(8-4-1)11-12-15-14-9-5-2-6-10-14;1-2;/h11,13-14H,1-10H2;1-2H3;1H4. The van der Waals surface area contributed by atoms with Crippen LogP contribution in [0.3, 0.4) is 0 Å². The molecule has 18 heavy (non-hydrogen) atoms. The Labute approximate surface area is 115 Å². The molecule has 0 spiro atoms. The van der Waals surface area contributed by atoms with E-state index in [1.54, 1.807) is 0 Å². The van der Waals surface area contributed by atoms with Crippen molar-refractivity contribution in [3.8, 4) is 0 Å². The molecular weight excluding hydrogens is 218 g/mol. The molecule has 0 radical (unpaired) electrons. The summed E-state index contributed by atoms with van der Waals surface area (Å²) in [4.78, 5) is 4.57. The van der Waals surface area contributed by atoms with Crippen LogP contribution in [-0.4, -0.2) is 11.9 Å². The average Bonchev–Trinajstić information content (AvgIpc) is 2.43. The third-order valence-corrected chi connectivity index (χ3v) is 3.79. The van der Waals surface area contributed by atoms with E-state index in [1.807, 2.05) is 13.8 Å². The van der Waals surface area contributed by atoms with Crippen molar-refractivity contribution in [1.82, 2.24) is 0 Å². The van der Waals surface area contributed by atoms with Crippen molar-refractivity contribution in [2.75, 3.05) is 0 Å². The van der Waals surface area contributed by atoms with E-state index in [1.165, 1.54) is 64.2 Å². The molecule has 2 aliphatic carbocycles. The molecule has 0 N–H and O–H groups in total. The van der Waals surface area contributed by atoms with Crippen LogP contribution >= 0.6 is 0 Å². The van der Waals surface area contributed by atoms with Gasteiger partial charge in [-0.1, -0.05) is 59.8 Å². The number of hydrogen-bond donors (Lipinski definition) is 0. The lowest BCUT2D eigenvalue weighted by Crippen LogP contribution is -2.09. The van der Waals surface area contributed by atoms with E-state index in [4.69, 9.17) is 0 Å². The molecule has 2 aliphatic rings. The van der Waals surface area contributed by atoms with Crippen LogP contribution in [0.4, 0.5) is 0 Å². The first-order valence-electron chi connectivity index (χ1n) is 7.74. The molecule has 2 saturated carbocycles. The SMILES string of the molecule is C.C(=CC1CCCCC1)=NC1CCCCC1.CC. The third-order valence-electron chi connectivity index (χ3n) is 3.79. The van der Waals surface area contributed by atoms with Crippen molar-refractivity contribution < 1.29 is 0 Å². The van der Waals surface area contributed by atoms with Crippen molar-refractivity contribution >= 4 is 5.87 Å². The lowest BCUT2D eigenvalue weighted by atomic mass is 9.89. The van der Waals surface area contributed by atoms with Crippen LogP contribution in [0.1, 0.15) is 85.5 Å². The quantitative estimate of drug-likeness (QED) is 0.551. The molecule has 1 heteroatoms. The van der Waals surface area contributed by atoms with Gasteiger partial charge in [-0.25, -0.2) is 4.99 Å². The topological polar surface area (TPSA) is 12.4 Å². The molecule has 0 aromatic carbocycles. The monoisotopic (exact) mass is 251 g/mol. The average molecular weight is 251 g/mol. The summed E-state index contributed by atoms with van der Waals surface area (Å²) in [5, 5.41) is 0. The Balaban J connectivity index is 0.000000917. The van der Waals surface area contributed by atoms with Crippen molar-refractivity contribution in [3.05, 3.63) is 6.08 Å². The zero-order valence-corrected chi connectivity index (χ0v) is 11.8. The van der Waals surface area contributed by atoms with Crippen molar-refractivity contribution in [3.63, 3.8) is 0 Å². The minimum atomic E-state index is 0. The maximum Gasteiger partial charge on any atom is 0.0593 e. The van der Waals surface area contributed by atoms with Gasteiger partial charge in [0.1, 0.15) is 0 Å². The molecule has 0 aromatic rings. The summed E-state index contributed by atoms with van der Waals surface area (Å²) < 4.78 is 0. The summed E-state index contributed by atoms with van der Waals surface area (Å²) in [5.74, 6) is 4.01. The normalized spacial score (nSPS) is 20.8. The molecule has 2 fully saturated rings. The number of aliphatic imine (C=N–C) groups is 1. The zero-order valence-electron chi connectivity index (χ0n) is 11.8. The smallest absolute Gasteiger partial charge is 0.0593 e. The van der Waals surface area contributed by atoms with Gasteiger partial charge in [0.15, 0.2) is 0 Å². The van der Waals surface area contributed by atoms with E-state index in [0.717, 1.165) is 5.92 Å². The Hall–Kier alpha value is -0.550. The first kappa shape index (κ1) is 17.4. The van der Waals surface area contributed by atoms with Gasteiger partial charge < -0.3 is 0 Å². The van der Waals surface area contributed by atoms with Gasteiger partial charge >= 0.3 is 0 Å². The Morgan fingerprint density at radius 2 is 1.33 bits per heavy atom. The highest BCUT2D eigenvalue weighted by Gasteiger charge is 2.11. The van der Waals surface area contributed by atoms with Crippen molar-refractivity contribution in [1.29, 1.82) is 0 Å². The lowest BCUT2D eigenvalue weighted by Gasteiger charge is -2.17. The van der Waals surface area contributed by atoms with Crippen LogP contribution in [0, 0.1) is 5.92 Å². The Bertz CT molecular complexity index is 204. The number of allylic oxidation sites excluding steroid dienone is 1. The fourth-order valence-electron chi connectivity index (χ4n) is 2.76. The second-order valence-corrected chi connectivity index (χ2v) is 5.11. The van der Waals surface area contributed by atoms with Crippen LogP contribution in [-0.2, 0) is 0 Å². The zero-order chi connectivity index (χ0) is 12.3. The van der Waals surface area contributed by atoms with E-state index in [2.05, 4.69) is 16.9 Å². The van der Waals surface area contributed by atoms with E-state index in [-0.39, 0.29) is 7.43 Å². The molecular formula is C17H33N. The summed E-state index contributed by atoms with van der Waals surface area (Å²) in [6.07, 6.45) is 16.0.